The number of hydrogen-bond donors (Lipinski definition) is 1. The Balaban J connectivity index is 2.06. The second-order valence-corrected chi connectivity index (χ2v) is 7.50. The highest BCUT2D eigenvalue weighted by Gasteiger charge is 2.26. The molecule has 0 aliphatic heterocycles. The summed E-state index contributed by atoms with van der Waals surface area (Å²) in [5.41, 5.74) is 3.87. The highest BCUT2D eigenvalue weighted by Crippen LogP contribution is 2.29. The molecule has 0 bridgehead atoms. The first-order chi connectivity index (χ1) is 12.5. The van der Waals surface area contributed by atoms with Crippen LogP contribution in [0.3, 0.4) is 0 Å². The van der Waals surface area contributed by atoms with Crippen LogP contribution in [0.25, 0.3) is 0 Å². The highest BCUT2D eigenvalue weighted by molar-refractivity contribution is 7.85. The molecule has 134 valence electrons. The number of methoxy groups -OCH3 is 1. The van der Waals surface area contributed by atoms with Crippen LogP contribution in [-0.2, 0) is 22.0 Å². The maximum atomic E-state index is 13.4. The number of aryl methyl sites for hydroxylation is 2. The molecule has 0 fully saturated rings. The Morgan fingerprint density at radius 3 is 2.35 bits per heavy atom. The summed E-state index contributed by atoms with van der Waals surface area (Å²) in [5, 5.41) is 0. The van der Waals surface area contributed by atoms with Gasteiger partial charge in [-0.3, -0.25) is 0 Å². The van der Waals surface area contributed by atoms with Gasteiger partial charge in [0.2, 0.25) is 0 Å². The predicted molar refractivity (Wildman–Crippen MR) is 102 cm³/mol. The second kappa shape index (κ2) is 7.70. The molecule has 26 heavy (non-hydrogen) atoms. The van der Waals surface area contributed by atoms with Gasteiger partial charge >= 0.3 is 5.97 Å². The Morgan fingerprint density at radius 2 is 1.65 bits per heavy atom. The van der Waals surface area contributed by atoms with Crippen molar-refractivity contribution in [2.24, 2.45) is 0 Å². The number of aromatic amines is 1. The second-order valence-electron chi connectivity index (χ2n) is 6.11. The number of carbonyl (C=O) groups excluding carboxylic acids is 1. The topological polar surface area (TPSA) is 59.2 Å². The van der Waals surface area contributed by atoms with E-state index < -0.39 is 16.8 Å². The van der Waals surface area contributed by atoms with E-state index in [1.807, 2.05) is 61.5 Å². The summed E-state index contributed by atoms with van der Waals surface area (Å²) in [5.74, 6) is -0.476. The van der Waals surface area contributed by atoms with E-state index in [2.05, 4.69) is 4.98 Å². The molecule has 0 radical (unpaired) electrons. The van der Waals surface area contributed by atoms with Crippen molar-refractivity contribution >= 4 is 16.8 Å². The van der Waals surface area contributed by atoms with Crippen LogP contribution in [0.1, 0.15) is 32.9 Å². The number of esters is 1. The molecule has 0 saturated carbocycles. The highest BCUT2D eigenvalue weighted by atomic mass is 32.2. The normalized spacial score (nSPS) is 12.0. The average Bonchev–Trinajstić information content (AvgIpc) is 2.95. The van der Waals surface area contributed by atoms with Crippen LogP contribution < -0.4 is 0 Å². The van der Waals surface area contributed by atoms with Crippen LogP contribution >= 0.6 is 0 Å². The van der Waals surface area contributed by atoms with Gasteiger partial charge in [-0.2, -0.15) is 0 Å². The third kappa shape index (κ3) is 3.48. The molecular weight excluding hydrogens is 346 g/mol. The van der Waals surface area contributed by atoms with Crippen molar-refractivity contribution < 1.29 is 13.7 Å². The Hall–Kier alpha value is -2.66. The first kappa shape index (κ1) is 18.1. The van der Waals surface area contributed by atoms with Crippen molar-refractivity contribution in [1.29, 1.82) is 0 Å². The van der Waals surface area contributed by atoms with Crippen LogP contribution in [0, 0.1) is 13.8 Å². The van der Waals surface area contributed by atoms with Crippen molar-refractivity contribution in [3.63, 3.8) is 0 Å². The van der Waals surface area contributed by atoms with Gasteiger partial charge in [-0.25, -0.2) is 9.00 Å². The number of hydrogen-bond acceptors (Lipinski definition) is 3. The number of rotatable bonds is 5. The molecule has 3 rings (SSSR count). The van der Waals surface area contributed by atoms with Crippen LogP contribution in [0.5, 0.6) is 0 Å². The minimum atomic E-state index is -1.49. The number of H-pyrrole nitrogens is 1. The van der Waals surface area contributed by atoms with E-state index in [-0.39, 0.29) is 0 Å². The van der Waals surface area contributed by atoms with Crippen LogP contribution in [0.2, 0.25) is 0 Å². The number of nitrogens with one attached hydrogen (secondary N) is 1. The monoisotopic (exact) mass is 367 g/mol. The molecular formula is C21H21NO3S. The zero-order valence-electron chi connectivity index (χ0n) is 15.0. The van der Waals surface area contributed by atoms with Gasteiger partial charge in [0, 0.05) is 16.3 Å². The van der Waals surface area contributed by atoms with Gasteiger partial charge in [0.05, 0.1) is 28.4 Å². The smallest absolute Gasteiger partial charge is 0.340 e. The number of aromatic nitrogens is 1. The lowest BCUT2D eigenvalue weighted by Crippen LogP contribution is -2.08. The zero-order valence-corrected chi connectivity index (χ0v) is 15.9. The molecule has 0 spiro atoms. The summed E-state index contributed by atoms with van der Waals surface area (Å²) < 4.78 is 18.3. The quantitative estimate of drug-likeness (QED) is 0.689. The van der Waals surface area contributed by atoms with E-state index in [1.54, 1.807) is 6.92 Å². The van der Waals surface area contributed by atoms with Crippen LogP contribution in [-0.4, -0.2) is 22.3 Å². The van der Waals surface area contributed by atoms with Crippen molar-refractivity contribution in [3.8, 4) is 0 Å². The summed E-state index contributed by atoms with van der Waals surface area (Å²) >= 11 is 0. The van der Waals surface area contributed by atoms with Gasteiger partial charge < -0.3 is 9.72 Å². The van der Waals surface area contributed by atoms with Gasteiger partial charge in [0.1, 0.15) is 0 Å². The molecule has 1 aromatic heterocycles. The Kier molecular flexibility index (Phi) is 5.38. The predicted octanol–water partition coefficient (Wildman–Crippen LogP) is 4.18. The minimum absolute atomic E-state index is 0.359. The average molecular weight is 367 g/mol. The molecule has 0 saturated heterocycles. The van der Waals surface area contributed by atoms with Crippen molar-refractivity contribution in [2.45, 2.75) is 30.1 Å². The van der Waals surface area contributed by atoms with E-state index in [1.165, 1.54) is 7.11 Å². The number of carbonyl (C=O) groups is 1. The van der Waals surface area contributed by atoms with Crippen molar-refractivity contribution in [3.05, 3.63) is 82.7 Å². The molecule has 1 heterocycles. The molecule has 3 aromatic rings. The lowest BCUT2D eigenvalue weighted by atomic mass is 10.1. The maximum Gasteiger partial charge on any atom is 0.340 e. The van der Waals surface area contributed by atoms with E-state index in [0.717, 1.165) is 16.8 Å². The molecule has 5 heteroatoms. The van der Waals surface area contributed by atoms with E-state index in [0.29, 0.717) is 27.5 Å². The van der Waals surface area contributed by atoms with Gasteiger partial charge in [0.25, 0.3) is 0 Å². The molecule has 0 aliphatic rings. The first-order valence-corrected chi connectivity index (χ1v) is 9.49. The Bertz CT molecular complexity index is 961. The third-order valence-corrected chi connectivity index (χ3v) is 5.98. The van der Waals surface area contributed by atoms with Crippen LogP contribution in [0.4, 0.5) is 0 Å². The molecule has 1 unspecified atom stereocenters. The fourth-order valence-electron chi connectivity index (χ4n) is 3.09. The van der Waals surface area contributed by atoms with E-state index >= 15 is 0 Å². The molecule has 1 N–H and O–H groups in total. The summed E-state index contributed by atoms with van der Waals surface area (Å²) in [6.45, 7) is 3.61. The Labute approximate surface area is 155 Å². The van der Waals surface area contributed by atoms with Gasteiger partial charge in [-0.15, -0.1) is 0 Å². The lowest BCUT2D eigenvalue weighted by Gasteiger charge is -2.11. The summed E-state index contributed by atoms with van der Waals surface area (Å²) in [6, 6.07) is 17.7. The fourth-order valence-corrected chi connectivity index (χ4v) is 4.65. The zero-order chi connectivity index (χ0) is 18.7. The third-order valence-electron chi connectivity index (χ3n) is 4.30. The molecule has 0 aliphatic carbocycles. The van der Waals surface area contributed by atoms with Gasteiger partial charge in [-0.05, 0) is 37.5 Å². The van der Waals surface area contributed by atoms with Gasteiger partial charge in [0.15, 0.2) is 0 Å². The lowest BCUT2D eigenvalue weighted by molar-refractivity contribution is 0.0596. The molecule has 1 atom stereocenters. The van der Waals surface area contributed by atoms with E-state index in [9.17, 15) is 9.00 Å². The molecule has 0 amide bonds. The number of ether oxygens (including phenoxy) is 1. The van der Waals surface area contributed by atoms with Gasteiger partial charge in [-0.1, -0.05) is 48.5 Å². The minimum Gasteiger partial charge on any atom is -0.465 e. The first-order valence-electron chi connectivity index (χ1n) is 8.34. The summed E-state index contributed by atoms with van der Waals surface area (Å²) in [4.78, 5) is 16.5. The maximum absolute atomic E-state index is 13.4. The molecule has 2 aromatic carbocycles. The van der Waals surface area contributed by atoms with E-state index in [4.69, 9.17) is 4.74 Å². The SMILES string of the molecule is COC(=O)c1c(C)[nH]c(C)c1S(=O)c1ccccc1Cc1ccccc1. The Morgan fingerprint density at radius 1 is 1.00 bits per heavy atom. The van der Waals surface area contributed by atoms with Crippen molar-refractivity contribution in [2.75, 3.05) is 7.11 Å². The standard InChI is InChI=1S/C21H21NO3S/c1-14-19(21(23)25-3)20(15(2)22-14)26(24)18-12-8-7-11-17(18)13-16-9-5-4-6-10-16/h4-12,22H,13H2,1-3H3. The largest absolute Gasteiger partial charge is 0.465 e. The number of benzene rings is 2. The summed E-state index contributed by atoms with van der Waals surface area (Å²) in [6.07, 6.45) is 0.679. The summed E-state index contributed by atoms with van der Waals surface area (Å²) in [7, 11) is -0.155. The van der Waals surface area contributed by atoms with Crippen LogP contribution in [0.15, 0.2) is 64.4 Å². The van der Waals surface area contributed by atoms with Crippen molar-refractivity contribution in [1.82, 2.24) is 4.98 Å². The molecule has 4 nitrogen and oxygen atoms in total. The fraction of sp³-hybridized carbons (Fsp3) is 0.190.